The fourth-order valence-corrected chi connectivity index (χ4v) is 2.64. The highest BCUT2D eigenvalue weighted by molar-refractivity contribution is 5.83. The molecule has 0 aliphatic carbocycles. The van der Waals surface area contributed by atoms with E-state index in [0.717, 1.165) is 16.3 Å². The zero-order chi connectivity index (χ0) is 16.9. The van der Waals surface area contributed by atoms with Gasteiger partial charge in [0.1, 0.15) is 5.82 Å². The Kier molecular flexibility index (Phi) is 4.87. The molecule has 0 saturated carbocycles. The van der Waals surface area contributed by atoms with Crippen molar-refractivity contribution in [2.75, 3.05) is 6.54 Å². The first-order valence-electron chi connectivity index (χ1n) is 7.80. The molecule has 0 heterocycles. The highest BCUT2D eigenvalue weighted by atomic mass is 19.1. The number of carbonyl (C=O) groups excluding carboxylic acids is 1. The maximum Gasteiger partial charge on any atom is 0.224 e. The van der Waals surface area contributed by atoms with E-state index in [1.54, 1.807) is 12.1 Å². The second-order valence-corrected chi connectivity index (χ2v) is 5.73. The molecule has 0 spiro atoms. The number of benzene rings is 3. The molecule has 1 atom stereocenters. The van der Waals surface area contributed by atoms with Gasteiger partial charge in [0, 0.05) is 6.54 Å². The molecule has 0 aliphatic heterocycles. The van der Waals surface area contributed by atoms with E-state index in [1.807, 2.05) is 42.5 Å². The molecule has 122 valence electrons. The van der Waals surface area contributed by atoms with Crippen LogP contribution in [-0.2, 0) is 11.2 Å². The third-order valence-corrected chi connectivity index (χ3v) is 3.90. The van der Waals surface area contributed by atoms with Crippen LogP contribution in [0.25, 0.3) is 10.8 Å². The summed E-state index contributed by atoms with van der Waals surface area (Å²) in [4.78, 5) is 11.9. The minimum atomic E-state index is -0.786. The van der Waals surface area contributed by atoms with Crippen LogP contribution in [0.15, 0.2) is 66.7 Å². The minimum Gasteiger partial charge on any atom is -0.387 e. The Morgan fingerprint density at radius 2 is 1.79 bits per heavy atom. The lowest BCUT2D eigenvalue weighted by molar-refractivity contribution is -0.120. The molecule has 1 amide bonds. The molecule has 3 rings (SSSR count). The van der Waals surface area contributed by atoms with Crippen molar-refractivity contribution in [3.05, 3.63) is 83.7 Å². The molecular formula is C20H18FNO2. The minimum absolute atomic E-state index is 0.0855. The van der Waals surface area contributed by atoms with Crippen molar-refractivity contribution in [1.82, 2.24) is 5.32 Å². The van der Waals surface area contributed by atoms with Crippen molar-refractivity contribution in [3.63, 3.8) is 0 Å². The van der Waals surface area contributed by atoms with E-state index in [0.29, 0.717) is 5.56 Å². The lowest BCUT2D eigenvalue weighted by atomic mass is 10.0. The van der Waals surface area contributed by atoms with Gasteiger partial charge in [-0.15, -0.1) is 0 Å². The molecule has 2 N–H and O–H groups in total. The third kappa shape index (κ3) is 3.97. The average molecular weight is 323 g/mol. The van der Waals surface area contributed by atoms with Gasteiger partial charge in [0.15, 0.2) is 0 Å². The molecule has 1 unspecified atom stereocenters. The SMILES string of the molecule is O=C(Cc1cccc(F)c1)NCC(O)c1ccc2ccccc2c1. The first-order valence-corrected chi connectivity index (χ1v) is 7.80. The zero-order valence-corrected chi connectivity index (χ0v) is 13.1. The number of nitrogens with one attached hydrogen (secondary N) is 1. The van der Waals surface area contributed by atoms with Crippen molar-refractivity contribution in [2.24, 2.45) is 0 Å². The van der Waals surface area contributed by atoms with Gasteiger partial charge >= 0.3 is 0 Å². The molecule has 0 aliphatic rings. The summed E-state index contributed by atoms with van der Waals surface area (Å²) in [6.45, 7) is 0.118. The van der Waals surface area contributed by atoms with Crippen molar-refractivity contribution in [3.8, 4) is 0 Å². The number of hydrogen-bond donors (Lipinski definition) is 2. The maximum absolute atomic E-state index is 13.1. The first-order chi connectivity index (χ1) is 11.6. The van der Waals surface area contributed by atoms with Crippen LogP contribution >= 0.6 is 0 Å². The number of aliphatic hydroxyl groups is 1. The van der Waals surface area contributed by atoms with Gasteiger partial charge < -0.3 is 10.4 Å². The van der Waals surface area contributed by atoms with Crippen LogP contribution in [0.1, 0.15) is 17.2 Å². The number of rotatable bonds is 5. The topological polar surface area (TPSA) is 49.3 Å². The number of carbonyl (C=O) groups is 1. The molecule has 0 radical (unpaired) electrons. The molecule has 0 bridgehead atoms. The highest BCUT2D eigenvalue weighted by Crippen LogP contribution is 2.20. The Labute approximate surface area is 139 Å². The first kappa shape index (κ1) is 16.1. The number of hydrogen-bond acceptors (Lipinski definition) is 2. The van der Waals surface area contributed by atoms with E-state index in [1.165, 1.54) is 12.1 Å². The summed E-state index contributed by atoms with van der Waals surface area (Å²) in [5.41, 5.74) is 1.35. The Hall–Kier alpha value is -2.72. The normalized spacial score (nSPS) is 12.1. The van der Waals surface area contributed by atoms with Crippen molar-refractivity contribution < 1.29 is 14.3 Å². The number of aliphatic hydroxyl groups excluding tert-OH is 1. The second-order valence-electron chi connectivity index (χ2n) is 5.73. The molecule has 3 aromatic rings. The molecule has 0 aromatic heterocycles. The van der Waals surface area contributed by atoms with Crippen LogP contribution in [0.2, 0.25) is 0 Å². The fraction of sp³-hybridized carbons (Fsp3) is 0.150. The quantitative estimate of drug-likeness (QED) is 0.756. The van der Waals surface area contributed by atoms with Gasteiger partial charge in [-0.3, -0.25) is 4.79 Å². The summed E-state index contributed by atoms with van der Waals surface area (Å²) in [6, 6.07) is 19.5. The number of halogens is 1. The molecule has 3 aromatic carbocycles. The van der Waals surface area contributed by atoms with E-state index in [-0.39, 0.29) is 24.7 Å². The van der Waals surface area contributed by atoms with Gasteiger partial charge in [0.25, 0.3) is 0 Å². The van der Waals surface area contributed by atoms with Crippen LogP contribution in [0.4, 0.5) is 4.39 Å². The Morgan fingerprint density at radius 3 is 2.58 bits per heavy atom. The Bertz CT molecular complexity index is 863. The van der Waals surface area contributed by atoms with Crippen LogP contribution in [0.3, 0.4) is 0 Å². The number of amides is 1. The van der Waals surface area contributed by atoms with Gasteiger partial charge in [-0.25, -0.2) is 4.39 Å². The molecule has 24 heavy (non-hydrogen) atoms. The standard InChI is InChI=1S/C20H18FNO2/c21-18-7-3-4-14(10-18)11-20(24)22-13-19(23)17-9-8-15-5-1-2-6-16(15)12-17/h1-10,12,19,23H,11,13H2,(H,22,24). The van der Waals surface area contributed by atoms with Gasteiger partial charge in [0.2, 0.25) is 5.91 Å². The lowest BCUT2D eigenvalue weighted by Gasteiger charge is -2.13. The third-order valence-electron chi connectivity index (χ3n) is 3.90. The van der Waals surface area contributed by atoms with Crippen LogP contribution in [0, 0.1) is 5.82 Å². The van der Waals surface area contributed by atoms with E-state index >= 15 is 0 Å². The summed E-state index contributed by atoms with van der Waals surface area (Å²) in [7, 11) is 0. The van der Waals surface area contributed by atoms with Gasteiger partial charge in [-0.2, -0.15) is 0 Å². The lowest BCUT2D eigenvalue weighted by Crippen LogP contribution is -2.29. The monoisotopic (exact) mass is 323 g/mol. The van der Waals surface area contributed by atoms with E-state index < -0.39 is 6.10 Å². The molecule has 3 nitrogen and oxygen atoms in total. The van der Waals surface area contributed by atoms with Crippen molar-refractivity contribution in [1.29, 1.82) is 0 Å². The molecule has 4 heteroatoms. The van der Waals surface area contributed by atoms with Crippen LogP contribution in [-0.4, -0.2) is 17.6 Å². The average Bonchev–Trinajstić information content (AvgIpc) is 2.59. The molecule has 0 fully saturated rings. The summed E-state index contributed by atoms with van der Waals surface area (Å²) < 4.78 is 13.1. The summed E-state index contributed by atoms with van der Waals surface area (Å²) in [5.74, 6) is -0.614. The molecule has 0 saturated heterocycles. The predicted octanol–water partition coefficient (Wildman–Crippen LogP) is 3.37. The highest BCUT2D eigenvalue weighted by Gasteiger charge is 2.11. The zero-order valence-electron chi connectivity index (χ0n) is 13.1. The predicted molar refractivity (Wildman–Crippen MR) is 92.0 cm³/mol. The fourth-order valence-electron chi connectivity index (χ4n) is 2.64. The van der Waals surface area contributed by atoms with Crippen LogP contribution in [0.5, 0.6) is 0 Å². The van der Waals surface area contributed by atoms with Gasteiger partial charge in [-0.1, -0.05) is 48.5 Å². The van der Waals surface area contributed by atoms with Crippen molar-refractivity contribution >= 4 is 16.7 Å². The van der Waals surface area contributed by atoms with E-state index in [4.69, 9.17) is 0 Å². The summed E-state index contributed by atoms with van der Waals surface area (Å²) >= 11 is 0. The second kappa shape index (κ2) is 7.23. The van der Waals surface area contributed by atoms with Crippen molar-refractivity contribution in [2.45, 2.75) is 12.5 Å². The van der Waals surface area contributed by atoms with E-state index in [2.05, 4.69) is 5.32 Å². The summed E-state index contributed by atoms with van der Waals surface area (Å²) in [5, 5.41) is 15.1. The largest absolute Gasteiger partial charge is 0.387 e. The Balaban J connectivity index is 1.59. The van der Waals surface area contributed by atoms with Gasteiger partial charge in [0.05, 0.1) is 12.5 Å². The molecular weight excluding hydrogens is 305 g/mol. The van der Waals surface area contributed by atoms with Crippen LogP contribution < -0.4 is 5.32 Å². The smallest absolute Gasteiger partial charge is 0.224 e. The van der Waals surface area contributed by atoms with Gasteiger partial charge in [-0.05, 0) is 40.1 Å². The summed E-state index contributed by atoms with van der Waals surface area (Å²) in [6.07, 6.45) is -0.701. The Morgan fingerprint density at radius 1 is 1.00 bits per heavy atom. The van der Waals surface area contributed by atoms with E-state index in [9.17, 15) is 14.3 Å². The number of fused-ring (bicyclic) bond motifs is 1. The maximum atomic E-state index is 13.1.